The van der Waals surface area contributed by atoms with Crippen molar-refractivity contribution in [1.82, 2.24) is 19.3 Å². The summed E-state index contributed by atoms with van der Waals surface area (Å²) in [6, 6.07) is 6.65. The largest absolute Gasteiger partial charge is 0.480 e. The predicted molar refractivity (Wildman–Crippen MR) is 144 cm³/mol. The summed E-state index contributed by atoms with van der Waals surface area (Å²) in [4.78, 5) is 12.7. The summed E-state index contributed by atoms with van der Waals surface area (Å²) < 4.78 is 79.0. The lowest BCUT2D eigenvalue weighted by Gasteiger charge is -2.25. The van der Waals surface area contributed by atoms with Gasteiger partial charge < -0.3 is 19.1 Å². The van der Waals surface area contributed by atoms with Crippen LogP contribution in [0.3, 0.4) is 0 Å². The van der Waals surface area contributed by atoms with Crippen LogP contribution in [0, 0.1) is 6.92 Å². The Balaban J connectivity index is 1.81. The molecule has 1 unspecified atom stereocenters. The maximum atomic E-state index is 14.1. The molecule has 2 aromatic carbocycles. The summed E-state index contributed by atoms with van der Waals surface area (Å²) in [6.45, 7) is 3.20. The normalized spacial score (nSPS) is 16.2. The molecule has 2 heterocycles. The van der Waals surface area contributed by atoms with Crippen LogP contribution >= 0.6 is 0 Å². The van der Waals surface area contributed by atoms with Crippen molar-refractivity contribution < 1.29 is 45.5 Å². The zero-order chi connectivity index (χ0) is 30.7. The average Bonchev–Trinajstić information content (AvgIpc) is 3.32. The number of benzene rings is 2. The Labute approximate surface area is 240 Å². The number of aromatic nitrogens is 3. The van der Waals surface area contributed by atoms with Crippen molar-refractivity contribution in [2.45, 2.75) is 58.3 Å². The van der Waals surface area contributed by atoms with E-state index in [1.165, 1.54) is 6.07 Å². The third kappa shape index (κ3) is 7.02. The molecule has 1 atom stereocenters. The van der Waals surface area contributed by atoms with E-state index in [2.05, 4.69) is 14.5 Å². The summed E-state index contributed by atoms with van der Waals surface area (Å²) in [5.74, 6) is -2.34. The molecule has 1 aliphatic heterocycles. The Morgan fingerprint density at radius 3 is 2.64 bits per heavy atom. The van der Waals surface area contributed by atoms with Crippen molar-refractivity contribution in [3.63, 3.8) is 0 Å². The first kappa shape index (κ1) is 31.3. The van der Waals surface area contributed by atoms with Crippen molar-refractivity contribution in [1.29, 1.82) is 0 Å². The molecular formula is C27H31F3N4O7S. The van der Waals surface area contributed by atoms with Crippen LogP contribution in [0.1, 0.15) is 59.9 Å². The van der Waals surface area contributed by atoms with Crippen molar-refractivity contribution in [2.24, 2.45) is 0 Å². The number of aliphatic hydroxyl groups is 2. The van der Waals surface area contributed by atoms with Crippen molar-refractivity contribution >= 4 is 27.3 Å². The minimum absolute atomic E-state index is 0.00390. The SMILES string of the molecule is CCOC(=O)CC(c1cc(CN2CC=C(O)OS2(=O)=O)cc(C(F)(F)F)c1)c1ccc2c(nnn2CCCCO)c1C. The second-order valence-corrected chi connectivity index (χ2v) is 11.3. The van der Waals surface area contributed by atoms with E-state index in [0.29, 0.717) is 41.5 Å². The lowest BCUT2D eigenvalue weighted by Crippen LogP contribution is -2.35. The van der Waals surface area contributed by atoms with Gasteiger partial charge in [-0.15, -0.1) is 5.10 Å². The highest BCUT2D eigenvalue weighted by Crippen LogP contribution is 2.38. The fourth-order valence-corrected chi connectivity index (χ4v) is 5.83. The maximum absolute atomic E-state index is 14.1. The number of hydrogen-bond acceptors (Lipinski definition) is 9. The molecule has 0 radical (unpaired) electrons. The van der Waals surface area contributed by atoms with Crippen LogP contribution in [0.25, 0.3) is 11.0 Å². The minimum atomic E-state index is -4.77. The molecule has 2 N–H and O–H groups in total. The van der Waals surface area contributed by atoms with Gasteiger partial charge in [0.05, 0.1) is 24.1 Å². The molecule has 1 aromatic heterocycles. The highest BCUT2D eigenvalue weighted by Gasteiger charge is 2.35. The zero-order valence-corrected chi connectivity index (χ0v) is 23.8. The van der Waals surface area contributed by atoms with Crippen LogP contribution in [-0.4, -0.2) is 63.7 Å². The monoisotopic (exact) mass is 612 g/mol. The van der Waals surface area contributed by atoms with Gasteiger partial charge in [0.2, 0.25) is 0 Å². The Kier molecular flexibility index (Phi) is 9.43. The van der Waals surface area contributed by atoms with Crippen molar-refractivity contribution in [3.05, 3.63) is 70.2 Å². The third-order valence-electron chi connectivity index (χ3n) is 6.89. The van der Waals surface area contributed by atoms with Crippen molar-refractivity contribution in [3.8, 4) is 0 Å². The lowest BCUT2D eigenvalue weighted by molar-refractivity contribution is -0.143. The number of nitrogens with zero attached hydrogens (tertiary/aromatic N) is 4. The Bertz CT molecular complexity index is 1590. The number of unbranched alkanes of at least 4 members (excludes halogenated alkanes) is 1. The van der Waals surface area contributed by atoms with E-state index >= 15 is 0 Å². The number of rotatable bonds is 11. The van der Waals surface area contributed by atoms with E-state index in [1.807, 2.05) is 0 Å². The van der Waals surface area contributed by atoms with Gasteiger partial charge in [-0.2, -0.15) is 25.9 Å². The summed E-state index contributed by atoms with van der Waals surface area (Å²) in [5, 5.41) is 27.0. The van der Waals surface area contributed by atoms with E-state index in [1.54, 1.807) is 30.7 Å². The van der Waals surface area contributed by atoms with Gasteiger partial charge in [-0.3, -0.25) is 4.79 Å². The second kappa shape index (κ2) is 12.7. The van der Waals surface area contributed by atoms with Crippen LogP contribution in [-0.2, 0) is 43.3 Å². The molecule has 0 saturated heterocycles. The Hall–Kier alpha value is -3.69. The number of aryl methyl sites for hydroxylation is 2. The topological polar surface area (TPSA) is 144 Å². The lowest BCUT2D eigenvalue weighted by atomic mass is 9.84. The van der Waals surface area contributed by atoms with Gasteiger partial charge in [0, 0.05) is 38.2 Å². The Morgan fingerprint density at radius 2 is 1.98 bits per heavy atom. The first-order valence-electron chi connectivity index (χ1n) is 13.2. The number of halogens is 3. The molecule has 1 aliphatic rings. The maximum Gasteiger partial charge on any atom is 0.416 e. The molecule has 15 heteroatoms. The number of carbonyl (C=O) groups is 1. The van der Waals surface area contributed by atoms with Gasteiger partial charge in [-0.1, -0.05) is 17.3 Å². The predicted octanol–water partition coefficient (Wildman–Crippen LogP) is 4.09. The molecule has 0 amide bonds. The van der Waals surface area contributed by atoms with E-state index < -0.39 is 46.4 Å². The van der Waals surface area contributed by atoms with Crippen LogP contribution in [0.15, 0.2) is 42.4 Å². The van der Waals surface area contributed by atoms with E-state index in [-0.39, 0.29) is 37.3 Å². The van der Waals surface area contributed by atoms with Gasteiger partial charge in [0.25, 0.3) is 5.95 Å². The first-order valence-corrected chi connectivity index (χ1v) is 14.6. The molecule has 0 saturated carbocycles. The molecule has 3 aromatic rings. The minimum Gasteiger partial charge on any atom is -0.480 e. The first-order chi connectivity index (χ1) is 19.8. The Morgan fingerprint density at radius 1 is 1.21 bits per heavy atom. The second-order valence-electron chi connectivity index (χ2n) is 9.79. The number of ether oxygens (including phenoxy) is 1. The summed E-state index contributed by atoms with van der Waals surface area (Å²) in [6.07, 6.45) is -2.73. The van der Waals surface area contributed by atoms with Crippen LogP contribution < -0.4 is 0 Å². The quantitative estimate of drug-likeness (QED) is 0.242. The number of fused-ring (bicyclic) bond motifs is 1. The zero-order valence-electron chi connectivity index (χ0n) is 23.0. The number of aliphatic hydroxyl groups excluding tert-OH is 2. The average molecular weight is 613 g/mol. The number of hydrogen-bond donors (Lipinski definition) is 2. The molecule has 228 valence electrons. The van der Waals surface area contributed by atoms with Crippen LogP contribution in [0.4, 0.5) is 13.2 Å². The van der Waals surface area contributed by atoms with Crippen LogP contribution in [0.5, 0.6) is 0 Å². The van der Waals surface area contributed by atoms with Gasteiger partial charge in [-0.25, -0.2) is 4.68 Å². The molecular weight excluding hydrogens is 581 g/mol. The van der Waals surface area contributed by atoms with Crippen LogP contribution in [0.2, 0.25) is 0 Å². The summed E-state index contributed by atoms with van der Waals surface area (Å²) in [5.41, 5.74) is 1.46. The summed E-state index contributed by atoms with van der Waals surface area (Å²) in [7, 11) is -4.44. The molecule has 0 spiro atoms. The molecule has 0 fully saturated rings. The molecule has 11 nitrogen and oxygen atoms in total. The van der Waals surface area contributed by atoms with E-state index in [4.69, 9.17) is 9.84 Å². The van der Waals surface area contributed by atoms with Gasteiger partial charge in [0.1, 0.15) is 5.52 Å². The molecule has 4 rings (SSSR count). The number of carbonyl (C=O) groups excluding carboxylic acids is 1. The van der Waals surface area contributed by atoms with Gasteiger partial charge >= 0.3 is 22.4 Å². The third-order valence-corrected chi connectivity index (χ3v) is 8.18. The standard InChI is InChI=1S/C27H31F3N4O7S/c1-3-40-25(37)15-22(21-6-7-23-26(17(21)2)31-32-34(23)9-4-5-11-35)19-12-18(13-20(14-19)27(28,29)30)16-33-10-8-24(36)41-42(33,38)39/h6-8,12-14,22,35-36H,3-5,9-11,15-16H2,1-2H3. The van der Waals surface area contributed by atoms with Gasteiger partial charge in [-0.05, 0) is 67.1 Å². The van der Waals surface area contributed by atoms with Gasteiger partial charge in [0.15, 0.2) is 0 Å². The molecule has 0 aliphatic carbocycles. The van der Waals surface area contributed by atoms with Crippen molar-refractivity contribution in [2.75, 3.05) is 19.8 Å². The molecule has 42 heavy (non-hydrogen) atoms. The fourth-order valence-electron chi connectivity index (χ4n) is 4.88. The highest BCUT2D eigenvalue weighted by atomic mass is 32.2. The highest BCUT2D eigenvalue weighted by molar-refractivity contribution is 7.84. The van der Waals surface area contributed by atoms with E-state index in [0.717, 1.165) is 22.5 Å². The van der Waals surface area contributed by atoms with E-state index in [9.17, 15) is 31.5 Å². The summed E-state index contributed by atoms with van der Waals surface area (Å²) >= 11 is 0. The number of esters is 1. The fraction of sp³-hybridized carbons (Fsp3) is 0.444. The number of alkyl halides is 3. The smallest absolute Gasteiger partial charge is 0.416 e. The molecule has 0 bridgehead atoms.